The number of hydrogen-bond donors (Lipinski definition) is 0. The zero-order chi connectivity index (χ0) is 20.5. The van der Waals surface area contributed by atoms with Crippen LogP contribution in [0.5, 0.6) is 0 Å². The first-order chi connectivity index (χ1) is 14.7. The number of rotatable bonds is 3. The van der Waals surface area contributed by atoms with Crippen molar-refractivity contribution in [3.8, 4) is 11.3 Å². The summed E-state index contributed by atoms with van der Waals surface area (Å²) in [5.74, 6) is 1.41. The normalized spacial score (nSPS) is 18.7. The van der Waals surface area contributed by atoms with Gasteiger partial charge in [-0.15, -0.1) is 0 Å². The first-order valence-corrected chi connectivity index (χ1v) is 12.2. The number of pyridine rings is 1. The van der Waals surface area contributed by atoms with E-state index in [1.807, 2.05) is 0 Å². The maximum atomic E-state index is 5.12. The minimum atomic E-state index is 0.683. The molecule has 0 radical (unpaired) electrons. The second kappa shape index (κ2) is 8.53. The monoisotopic (exact) mass is 397 g/mol. The molecule has 0 atom stereocenters. The molecule has 1 heteroatoms. The van der Waals surface area contributed by atoms with Gasteiger partial charge in [-0.1, -0.05) is 67.9 Å². The van der Waals surface area contributed by atoms with Crippen LogP contribution in [0.3, 0.4) is 0 Å². The molecule has 2 saturated carbocycles. The number of benzene rings is 2. The molecule has 156 valence electrons. The molecule has 2 aliphatic rings. The molecule has 0 bridgehead atoms. The van der Waals surface area contributed by atoms with E-state index < -0.39 is 0 Å². The van der Waals surface area contributed by atoms with Gasteiger partial charge in [-0.3, -0.25) is 4.98 Å². The van der Waals surface area contributed by atoms with E-state index in [1.54, 1.807) is 0 Å². The minimum Gasteiger partial charge on any atom is -0.255 e. The van der Waals surface area contributed by atoms with Crippen LogP contribution in [0.25, 0.3) is 22.0 Å². The zero-order valence-corrected chi connectivity index (χ0v) is 18.7. The first-order valence-electron chi connectivity index (χ1n) is 12.2. The second-order valence-corrected chi connectivity index (χ2v) is 9.91. The SMILES string of the molecule is Cc1cc(C)cc(-c2ncc(C3CCCCC3)c3ccc(C4CCCCC4)cc23)c1. The fourth-order valence-electron chi connectivity index (χ4n) is 6.05. The molecule has 0 N–H and O–H groups in total. The van der Waals surface area contributed by atoms with Gasteiger partial charge >= 0.3 is 0 Å². The lowest BCUT2D eigenvalue weighted by molar-refractivity contribution is 0.443. The molecule has 0 spiro atoms. The summed E-state index contributed by atoms with van der Waals surface area (Å²) in [6, 6.07) is 14.3. The molecule has 1 nitrogen and oxygen atoms in total. The highest BCUT2D eigenvalue weighted by atomic mass is 14.7. The summed E-state index contributed by atoms with van der Waals surface area (Å²) in [7, 11) is 0. The Kier molecular flexibility index (Phi) is 5.63. The van der Waals surface area contributed by atoms with Crippen molar-refractivity contribution in [2.24, 2.45) is 0 Å². The Hall–Kier alpha value is -2.15. The van der Waals surface area contributed by atoms with Crippen molar-refractivity contribution in [1.82, 2.24) is 4.98 Å². The summed E-state index contributed by atoms with van der Waals surface area (Å²) < 4.78 is 0. The van der Waals surface area contributed by atoms with Crippen LogP contribution in [0.15, 0.2) is 42.6 Å². The third-order valence-electron chi connectivity index (χ3n) is 7.56. The zero-order valence-electron chi connectivity index (χ0n) is 18.7. The largest absolute Gasteiger partial charge is 0.255 e. The number of fused-ring (bicyclic) bond motifs is 1. The lowest BCUT2D eigenvalue weighted by Gasteiger charge is -2.25. The van der Waals surface area contributed by atoms with E-state index in [9.17, 15) is 0 Å². The molecule has 0 saturated heterocycles. The average molecular weight is 398 g/mol. The number of hydrogen-bond acceptors (Lipinski definition) is 1. The van der Waals surface area contributed by atoms with Crippen molar-refractivity contribution in [3.63, 3.8) is 0 Å². The Morgan fingerprint density at radius 3 is 1.97 bits per heavy atom. The number of aromatic nitrogens is 1. The summed E-state index contributed by atoms with van der Waals surface area (Å²) >= 11 is 0. The fourth-order valence-corrected chi connectivity index (χ4v) is 6.05. The van der Waals surface area contributed by atoms with Gasteiger partial charge in [0.05, 0.1) is 5.69 Å². The van der Waals surface area contributed by atoms with Crippen LogP contribution >= 0.6 is 0 Å². The van der Waals surface area contributed by atoms with Crippen LogP contribution in [0.1, 0.15) is 98.3 Å². The summed E-state index contributed by atoms with van der Waals surface area (Å²) in [6.07, 6.45) is 15.9. The van der Waals surface area contributed by atoms with E-state index in [4.69, 9.17) is 4.98 Å². The Morgan fingerprint density at radius 1 is 0.667 bits per heavy atom. The first kappa shape index (κ1) is 19.8. The maximum Gasteiger partial charge on any atom is 0.0780 e. The van der Waals surface area contributed by atoms with Crippen molar-refractivity contribution in [1.29, 1.82) is 0 Å². The van der Waals surface area contributed by atoms with Crippen LogP contribution < -0.4 is 0 Å². The smallest absolute Gasteiger partial charge is 0.0780 e. The highest BCUT2D eigenvalue weighted by molar-refractivity contribution is 5.97. The fraction of sp³-hybridized carbons (Fsp3) is 0.483. The van der Waals surface area contributed by atoms with E-state index in [0.717, 1.165) is 5.92 Å². The Morgan fingerprint density at radius 2 is 1.30 bits per heavy atom. The van der Waals surface area contributed by atoms with Gasteiger partial charge in [0.1, 0.15) is 0 Å². The summed E-state index contributed by atoms with van der Waals surface area (Å²) in [5, 5.41) is 2.83. The quantitative estimate of drug-likeness (QED) is 0.431. The summed E-state index contributed by atoms with van der Waals surface area (Å²) in [6.45, 7) is 4.39. The maximum absolute atomic E-state index is 5.12. The van der Waals surface area contributed by atoms with Gasteiger partial charge in [-0.05, 0) is 86.1 Å². The lowest BCUT2D eigenvalue weighted by atomic mass is 9.80. The van der Waals surface area contributed by atoms with Crippen molar-refractivity contribution in [3.05, 3.63) is 64.8 Å². The molecular weight excluding hydrogens is 362 g/mol. The standard InChI is InChI=1S/C29H35N/c1-20-15-21(2)17-25(16-20)29-27-18-24(22-9-5-3-6-10-22)13-14-26(27)28(19-30-29)23-11-7-4-8-12-23/h13-19,22-23H,3-12H2,1-2H3. The molecule has 1 aromatic heterocycles. The molecular formula is C29H35N. The highest BCUT2D eigenvalue weighted by Crippen LogP contribution is 2.41. The van der Waals surface area contributed by atoms with E-state index in [-0.39, 0.29) is 0 Å². The van der Waals surface area contributed by atoms with Crippen LogP contribution in [0.2, 0.25) is 0 Å². The molecule has 0 unspecified atom stereocenters. The van der Waals surface area contributed by atoms with Crippen LogP contribution in [0, 0.1) is 13.8 Å². The van der Waals surface area contributed by atoms with Gasteiger partial charge in [0.15, 0.2) is 0 Å². The van der Waals surface area contributed by atoms with Crippen LogP contribution in [-0.4, -0.2) is 4.98 Å². The number of aryl methyl sites for hydroxylation is 2. The van der Waals surface area contributed by atoms with E-state index in [1.165, 1.54) is 108 Å². The van der Waals surface area contributed by atoms with Gasteiger partial charge in [0, 0.05) is 17.1 Å². The van der Waals surface area contributed by atoms with Gasteiger partial charge < -0.3 is 0 Å². The lowest BCUT2D eigenvalue weighted by Crippen LogP contribution is -2.07. The summed E-state index contributed by atoms with van der Waals surface area (Å²) in [4.78, 5) is 5.12. The number of nitrogens with zero attached hydrogens (tertiary/aromatic N) is 1. The molecule has 0 aliphatic heterocycles. The third-order valence-corrected chi connectivity index (χ3v) is 7.56. The molecule has 0 amide bonds. The molecule has 2 aliphatic carbocycles. The molecule has 2 fully saturated rings. The molecule has 3 aromatic rings. The average Bonchev–Trinajstić information content (AvgIpc) is 2.78. The van der Waals surface area contributed by atoms with E-state index in [0.29, 0.717) is 5.92 Å². The molecule has 30 heavy (non-hydrogen) atoms. The van der Waals surface area contributed by atoms with Gasteiger partial charge in [-0.25, -0.2) is 0 Å². The van der Waals surface area contributed by atoms with Gasteiger partial charge in [0.25, 0.3) is 0 Å². The van der Waals surface area contributed by atoms with E-state index >= 15 is 0 Å². The van der Waals surface area contributed by atoms with Crippen LogP contribution in [-0.2, 0) is 0 Å². The highest BCUT2D eigenvalue weighted by Gasteiger charge is 2.22. The molecule has 5 rings (SSSR count). The van der Waals surface area contributed by atoms with Crippen molar-refractivity contribution in [2.75, 3.05) is 0 Å². The van der Waals surface area contributed by atoms with Crippen LogP contribution in [0.4, 0.5) is 0 Å². The predicted molar refractivity (Wildman–Crippen MR) is 128 cm³/mol. The van der Waals surface area contributed by atoms with Gasteiger partial charge in [0.2, 0.25) is 0 Å². The predicted octanol–water partition coefficient (Wildman–Crippen LogP) is 8.61. The third kappa shape index (κ3) is 3.92. The molecule has 2 aromatic carbocycles. The second-order valence-electron chi connectivity index (χ2n) is 9.91. The topological polar surface area (TPSA) is 12.9 Å². The Balaban J connectivity index is 1.67. The van der Waals surface area contributed by atoms with Crippen molar-refractivity contribution in [2.45, 2.75) is 89.9 Å². The van der Waals surface area contributed by atoms with Gasteiger partial charge in [-0.2, -0.15) is 0 Å². The Labute approximate surface area is 181 Å². The van der Waals surface area contributed by atoms with E-state index in [2.05, 4.69) is 56.4 Å². The summed E-state index contributed by atoms with van der Waals surface area (Å²) in [5.41, 5.74) is 8.12. The Bertz CT molecular complexity index is 1020. The minimum absolute atomic E-state index is 0.683. The molecule has 1 heterocycles. The van der Waals surface area contributed by atoms with Crippen molar-refractivity contribution >= 4 is 10.8 Å². The van der Waals surface area contributed by atoms with Crippen molar-refractivity contribution < 1.29 is 0 Å².